The third-order valence-electron chi connectivity index (χ3n) is 8.74. The molecule has 5 heterocycles. The lowest BCUT2D eigenvalue weighted by Gasteiger charge is -2.39. The Morgan fingerprint density at radius 1 is 1.17 bits per heavy atom. The molecule has 10 nitrogen and oxygen atoms in total. The normalized spacial score (nSPS) is 20.8. The minimum absolute atomic E-state index is 0.172. The van der Waals surface area contributed by atoms with Gasteiger partial charge in [-0.2, -0.15) is 9.97 Å². The van der Waals surface area contributed by atoms with E-state index in [1.165, 1.54) is 17.2 Å². The summed E-state index contributed by atoms with van der Waals surface area (Å²) in [5.41, 5.74) is 4.61. The van der Waals surface area contributed by atoms with Gasteiger partial charge in [0, 0.05) is 43.6 Å². The van der Waals surface area contributed by atoms with Crippen molar-refractivity contribution in [1.29, 1.82) is 0 Å². The minimum atomic E-state index is -0.298. The van der Waals surface area contributed by atoms with Crippen LogP contribution in [0.3, 0.4) is 0 Å². The first kappa shape index (κ1) is 28.3. The molecule has 0 aromatic carbocycles. The summed E-state index contributed by atoms with van der Waals surface area (Å²) in [7, 11) is 2.11. The Balaban J connectivity index is 1.42. The maximum absolute atomic E-state index is 12.5. The number of piperazine rings is 1. The summed E-state index contributed by atoms with van der Waals surface area (Å²) in [6.45, 7) is 14.2. The third-order valence-corrected chi connectivity index (χ3v) is 9.03. The fourth-order valence-electron chi connectivity index (χ4n) is 6.43. The van der Waals surface area contributed by atoms with Crippen molar-refractivity contribution in [3.63, 3.8) is 0 Å². The lowest BCUT2D eigenvalue weighted by Crippen LogP contribution is -2.56. The smallest absolute Gasteiger partial charge is 0.320 e. The molecule has 1 aliphatic carbocycles. The molecule has 2 aliphatic heterocycles. The molecule has 6 rings (SSSR count). The van der Waals surface area contributed by atoms with Crippen LogP contribution in [0.4, 0.5) is 5.82 Å². The molecule has 0 bridgehead atoms. The highest BCUT2D eigenvalue weighted by atomic mass is 35.5. The number of rotatable bonds is 7. The average molecular weight is 587 g/mol. The van der Waals surface area contributed by atoms with Gasteiger partial charge in [-0.25, -0.2) is 11.6 Å². The van der Waals surface area contributed by atoms with Crippen LogP contribution in [-0.4, -0.2) is 94.1 Å². The van der Waals surface area contributed by atoms with Gasteiger partial charge in [-0.3, -0.25) is 9.78 Å². The maximum atomic E-state index is 12.5. The second-order valence-electron chi connectivity index (χ2n) is 11.3. The number of anilines is 1. The summed E-state index contributed by atoms with van der Waals surface area (Å²) in [6, 6.07) is 2.15. The molecular formula is C31H35ClN8O2. The van der Waals surface area contributed by atoms with Crippen LogP contribution >= 0.6 is 11.6 Å². The van der Waals surface area contributed by atoms with Gasteiger partial charge in [-0.15, -0.1) is 0 Å². The molecule has 0 unspecified atom stereocenters. The number of hydrogen-bond donors (Lipinski definition) is 0. The zero-order valence-corrected chi connectivity index (χ0v) is 24.7. The van der Waals surface area contributed by atoms with E-state index in [9.17, 15) is 4.79 Å². The summed E-state index contributed by atoms with van der Waals surface area (Å²) < 4.78 is 6.22. The molecule has 2 fully saturated rings. The Morgan fingerprint density at radius 2 is 2.02 bits per heavy atom. The van der Waals surface area contributed by atoms with Gasteiger partial charge in [0.05, 0.1) is 16.1 Å². The fourth-order valence-corrected chi connectivity index (χ4v) is 6.68. The summed E-state index contributed by atoms with van der Waals surface area (Å²) in [4.78, 5) is 41.4. The highest BCUT2D eigenvalue weighted by Crippen LogP contribution is 2.37. The Kier molecular flexibility index (Phi) is 8.22. The van der Waals surface area contributed by atoms with Crippen LogP contribution in [0.1, 0.15) is 36.8 Å². The second-order valence-corrected chi connectivity index (χ2v) is 11.7. The van der Waals surface area contributed by atoms with E-state index in [-0.39, 0.29) is 24.5 Å². The zero-order chi connectivity index (χ0) is 29.2. The molecule has 218 valence electrons. The van der Waals surface area contributed by atoms with Crippen LogP contribution in [0.15, 0.2) is 31.1 Å². The highest BCUT2D eigenvalue weighted by Gasteiger charge is 2.33. The van der Waals surface area contributed by atoms with Crippen LogP contribution in [-0.2, 0) is 17.6 Å². The molecule has 2 atom stereocenters. The minimum Gasteiger partial charge on any atom is -0.462 e. The SMILES string of the molecule is [C-]#[N+]C[C@H]1CN(c2nc(OC[C@@H]3CCCN3C)nc3nc(-c4cncc5c4CCCC5)c(Cl)cc23)CCN1C(=O)C=C. The van der Waals surface area contributed by atoms with Crippen LogP contribution in [0.5, 0.6) is 6.01 Å². The van der Waals surface area contributed by atoms with Crippen molar-refractivity contribution in [1.82, 2.24) is 29.7 Å². The van der Waals surface area contributed by atoms with Crippen molar-refractivity contribution in [2.75, 3.05) is 51.3 Å². The Hall–Kier alpha value is -3.81. The topological polar surface area (TPSA) is 91.9 Å². The van der Waals surface area contributed by atoms with Gasteiger partial charge in [0.25, 0.3) is 0 Å². The highest BCUT2D eigenvalue weighted by molar-refractivity contribution is 6.34. The Morgan fingerprint density at radius 3 is 2.81 bits per heavy atom. The van der Waals surface area contributed by atoms with Gasteiger partial charge in [-0.05, 0) is 75.4 Å². The predicted molar refractivity (Wildman–Crippen MR) is 163 cm³/mol. The van der Waals surface area contributed by atoms with Crippen molar-refractivity contribution < 1.29 is 9.53 Å². The van der Waals surface area contributed by atoms with Gasteiger partial charge >= 0.3 is 6.01 Å². The molecule has 42 heavy (non-hydrogen) atoms. The third kappa shape index (κ3) is 5.51. The Labute approximate surface area is 251 Å². The van der Waals surface area contributed by atoms with Crippen LogP contribution in [0, 0.1) is 6.57 Å². The number of fused-ring (bicyclic) bond motifs is 2. The molecule has 3 aliphatic rings. The molecular weight excluding hydrogens is 552 g/mol. The summed E-state index contributed by atoms with van der Waals surface area (Å²) >= 11 is 6.95. The summed E-state index contributed by atoms with van der Waals surface area (Å²) in [6.07, 6.45) is 11.6. The molecule has 0 N–H and O–H groups in total. The van der Waals surface area contributed by atoms with Crippen molar-refractivity contribution >= 4 is 34.4 Å². The molecule has 0 spiro atoms. The molecule has 2 saturated heterocycles. The number of amides is 1. The van der Waals surface area contributed by atoms with Crippen molar-refractivity contribution in [2.45, 2.75) is 50.6 Å². The van der Waals surface area contributed by atoms with E-state index in [2.05, 4.69) is 33.3 Å². The van der Waals surface area contributed by atoms with Crippen molar-refractivity contribution in [3.05, 3.63) is 58.7 Å². The predicted octanol–water partition coefficient (Wildman–Crippen LogP) is 4.21. The van der Waals surface area contributed by atoms with E-state index in [0.717, 1.165) is 50.6 Å². The number of ether oxygens (including phenoxy) is 1. The number of hydrogen-bond acceptors (Lipinski definition) is 8. The number of pyridine rings is 2. The number of likely N-dealkylation sites (N-methyl/N-ethyl adjacent to an activating group) is 1. The van der Waals surface area contributed by atoms with E-state index in [0.29, 0.717) is 59.9 Å². The quantitative estimate of drug-likeness (QED) is 0.300. The van der Waals surface area contributed by atoms with Crippen molar-refractivity contribution in [3.8, 4) is 17.3 Å². The fraction of sp³-hybridized carbons (Fsp3) is 0.484. The number of carbonyl (C=O) groups is 1. The lowest BCUT2D eigenvalue weighted by molar-refractivity contribution is -0.128. The standard InChI is InChI=1S/C31H35ClN8O2/c1-4-27(41)40-13-12-39(18-22(40)16-33-2)30-24-14-26(32)28(25-17-34-15-20-8-5-6-10-23(20)25)35-29(24)36-31(37-30)42-19-21-9-7-11-38(21)3/h4,14-15,17,21-22H,1,5-13,16,18-19H2,3H3/t21-,22-/m0/s1. The first-order chi connectivity index (χ1) is 20.5. The van der Waals surface area contributed by atoms with Gasteiger partial charge in [0.2, 0.25) is 12.5 Å². The molecule has 3 aromatic heterocycles. The van der Waals surface area contributed by atoms with Crippen molar-refractivity contribution in [2.24, 2.45) is 0 Å². The van der Waals surface area contributed by atoms with Gasteiger partial charge in [0.15, 0.2) is 5.65 Å². The van der Waals surface area contributed by atoms with E-state index in [1.54, 1.807) is 4.90 Å². The van der Waals surface area contributed by atoms with Crippen LogP contribution in [0.2, 0.25) is 5.02 Å². The molecule has 0 radical (unpaired) electrons. The van der Waals surface area contributed by atoms with E-state index in [4.69, 9.17) is 37.9 Å². The number of aromatic nitrogens is 4. The first-order valence-electron chi connectivity index (χ1n) is 14.7. The van der Waals surface area contributed by atoms with E-state index >= 15 is 0 Å². The first-order valence-corrected chi connectivity index (χ1v) is 15.0. The monoisotopic (exact) mass is 586 g/mol. The van der Waals surface area contributed by atoms with Crippen LogP contribution in [0.25, 0.3) is 27.1 Å². The molecule has 11 heteroatoms. The number of halogens is 1. The molecule has 0 saturated carbocycles. The zero-order valence-electron chi connectivity index (χ0n) is 23.9. The van der Waals surface area contributed by atoms with Gasteiger partial charge in [-0.1, -0.05) is 18.2 Å². The Bertz CT molecular complexity index is 1560. The number of nitrogens with zero attached hydrogens (tertiary/aromatic N) is 8. The number of aryl methyl sites for hydroxylation is 1. The van der Waals surface area contributed by atoms with Gasteiger partial charge in [0.1, 0.15) is 18.5 Å². The van der Waals surface area contributed by atoms with E-state index < -0.39 is 0 Å². The van der Waals surface area contributed by atoms with Gasteiger partial charge < -0.3 is 24.3 Å². The number of carbonyl (C=O) groups excluding carboxylic acids is 1. The summed E-state index contributed by atoms with van der Waals surface area (Å²) in [5.74, 6) is 0.472. The largest absolute Gasteiger partial charge is 0.462 e. The number of likely N-dealkylation sites (tertiary alicyclic amines) is 1. The molecule has 3 aromatic rings. The average Bonchev–Trinajstić information content (AvgIpc) is 3.43. The van der Waals surface area contributed by atoms with Crippen LogP contribution < -0.4 is 9.64 Å². The lowest BCUT2D eigenvalue weighted by atomic mass is 9.89. The van der Waals surface area contributed by atoms with E-state index in [1.807, 2.05) is 18.5 Å². The second kappa shape index (κ2) is 12.2. The molecule has 1 amide bonds. The maximum Gasteiger partial charge on any atom is 0.320 e. The summed E-state index contributed by atoms with van der Waals surface area (Å²) in [5, 5.41) is 1.21.